The van der Waals surface area contributed by atoms with Crippen molar-refractivity contribution in [2.24, 2.45) is 5.73 Å². The maximum absolute atomic E-state index is 12.7. The van der Waals surface area contributed by atoms with Crippen molar-refractivity contribution < 1.29 is 9.13 Å². The van der Waals surface area contributed by atoms with E-state index in [0.29, 0.717) is 11.3 Å². The van der Waals surface area contributed by atoms with E-state index in [0.717, 1.165) is 24.8 Å². The third-order valence-electron chi connectivity index (χ3n) is 2.94. The summed E-state index contributed by atoms with van der Waals surface area (Å²) in [7, 11) is 1.56. The average Bonchev–Trinajstić information content (AvgIpc) is 2.96. The number of nitrogens with two attached hydrogens (primary N) is 1. The SMILES string of the molecule is COc1ccc(CC2(N)CC2)cc1CF. The first-order chi connectivity index (χ1) is 7.17. The summed E-state index contributed by atoms with van der Waals surface area (Å²) in [6.07, 6.45) is 2.98. The van der Waals surface area contributed by atoms with Crippen LogP contribution in [0.1, 0.15) is 24.0 Å². The smallest absolute Gasteiger partial charge is 0.124 e. The van der Waals surface area contributed by atoms with Crippen molar-refractivity contribution in [3.63, 3.8) is 0 Å². The molecule has 0 amide bonds. The van der Waals surface area contributed by atoms with Gasteiger partial charge in [-0.05, 0) is 37.0 Å². The highest BCUT2D eigenvalue weighted by atomic mass is 19.1. The Morgan fingerprint density at radius 1 is 1.47 bits per heavy atom. The Kier molecular flexibility index (Phi) is 2.65. The van der Waals surface area contributed by atoms with E-state index in [-0.39, 0.29) is 5.54 Å². The number of alkyl halides is 1. The van der Waals surface area contributed by atoms with Crippen LogP contribution in [-0.4, -0.2) is 12.6 Å². The lowest BCUT2D eigenvalue weighted by atomic mass is 10.0. The first kappa shape index (κ1) is 10.4. The highest BCUT2D eigenvalue weighted by Gasteiger charge is 2.37. The molecule has 2 N–H and O–H groups in total. The van der Waals surface area contributed by atoms with Gasteiger partial charge in [-0.15, -0.1) is 0 Å². The molecule has 0 atom stereocenters. The van der Waals surface area contributed by atoms with E-state index < -0.39 is 6.67 Å². The molecule has 1 aromatic rings. The summed E-state index contributed by atoms with van der Waals surface area (Å²) in [6, 6.07) is 5.63. The van der Waals surface area contributed by atoms with E-state index in [1.165, 1.54) is 0 Å². The number of hydrogen-bond acceptors (Lipinski definition) is 2. The van der Waals surface area contributed by atoms with Crippen LogP contribution in [0, 0.1) is 0 Å². The summed E-state index contributed by atoms with van der Waals surface area (Å²) >= 11 is 0. The quantitative estimate of drug-likeness (QED) is 0.825. The molecular weight excluding hydrogens is 193 g/mol. The number of halogens is 1. The zero-order valence-corrected chi connectivity index (χ0v) is 8.92. The molecule has 2 nitrogen and oxygen atoms in total. The Labute approximate surface area is 89.2 Å². The predicted molar refractivity (Wildman–Crippen MR) is 57.7 cm³/mol. The van der Waals surface area contributed by atoms with Gasteiger partial charge >= 0.3 is 0 Å². The Balaban J connectivity index is 2.18. The molecule has 0 saturated heterocycles. The molecule has 0 bridgehead atoms. The van der Waals surface area contributed by atoms with Crippen molar-refractivity contribution in [2.45, 2.75) is 31.5 Å². The Morgan fingerprint density at radius 2 is 2.20 bits per heavy atom. The third-order valence-corrected chi connectivity index (χ3v) is 2.94. The summed E-state index contributed by atoms with van der Waals surface area (Å²) < 4.78 is 17.8. The molecule has 1 aliphatic rings. The third kappa shape index (κ3) is 2.29. The van der Waals surface area contributed by atoms with Crippen LogP contribution in [0.2, 0.25) is 0 Å². The van der Waals surface area contributed by atoms with Crippen LogP contribution in [0.4, 0.5) is 4.39 Å². The first-order valence-corrected chi connectivity index (χ1v) is 5.17. The lowest BCUT2D eigenvalue weighted by Crippen LogP contribution is -2.24. The Bertz CT molecular complexity index is 361. The maximum atomic E-state index is 12.7. The highest BCUT2D eigenvalue weighted by Crippen LogP contribution is 2.36. The normalized spacial score (nSPS) is 17.5. The second-order valence-corrected chi connectivity index (χ2v) is 4.32. The molecule has 0 radical (unpaired) electrons. The second-order valence-electron chi connectivity index (χ2n) is 4.32. The van der Waals surface area contributed by atoms with Crippen molar-refractivity contribution in [3.05, 3.63) is 29.3 Å². The molecule has 0 aliphatic heterocycles. The van der Waals surface area contributed by atoms with Crippen LogP contribution >= 0.6 is 0 Å². The molecule has 3 heteroatoms. The summed E-state index contributed by atoms with van der Waals surface area (Å²) in [5.74, 6) is 0.614. The van der Waals surface area contributed by atoms with E-state index >= 15 is 0 Å². The maximum Gasteiger partial charge on any atom is 0.124 e. The fourth-order valence-electron chi connectivity index (χ4n) is 1.79. The van der Waals surface area contributed by atoms with Gasteiger partial charge in [-0.3, -0.25) is 0 Å². The topological polar surface area (TPSA) is 35.2 Å². The summed E-state index contributed by atoms with van der Waals surface area (Å²) in [4.78, 5) is 0. The fourth-order valence-corrected chi connectivity index (χ4v) is 1.79. The van der Waals surface area contributed by atoms with Crippen molar-refractivity contribution in [2.75, 3.05) is 7.11 Å². The number of ether oxygens (including phenoxy) is 1. The van der Waals surface area contributed by atoms with Gasteiger partial charge in [0.05, 0.1) is 7.11 Å². The van der Waals surface area contributed by atoms with Gasteiger partial charge in [-0.25, -0.2) is 4.39 Å². The van der Waals surface area contributed by atoms with Gasteiger partial charge in [0, 0.05) is 11.1 Å². The molecule has 0 heterocycles. The monoisotopic (exact) mass is 209 g/mol. The van der Waals surface area contributed by atoms with E-state index in [2.05, 4.69) is 0 Å². The zero-order valence-electron chi connectivity index (χ0n) is 8.92. The van der Waals surface area contributed by atoms with Crippen LogP contribution < -0.4 is 10.5 Å². The minimum absolute atomic E-state index is 0.0256. The van der Waals surface area contributed by atoms with Crippen LogP contribution in [0.15, 0.2) is 18.2 Å². The number of methoxy groups -OCH3 is 1. The molecule has 1 aliphatic carbocycles. The second kappa shape index (κ2) is 3.81. The minimum Gasteiger partial charge on any atom is -0.496 e. The lowest BCUT2D eigenvalue weighted by molar-refractivity contribution is 0.393. The molecule has 2 rings (SSSR count). The molecule has 1 aromatic carbocycles. The Hall–Kier alpha value is -1.09. The van der Waals surface area contributed by atoms with Gasteiger partial charge in [0.1, 0.15) is 12.4 Å². The van der Waals surface area contributed by atoms with Gasteiger partial charge in [0.2, 0.25) is 0 Å². The molecule has 1 fully saturated rings. The van der Waals surface area contributed by atoms with Crippen molar-refractivity contribution in [1.29, 1.82) is 0 Å². The van der Waals surface area contributed by atoms with Gasteiger partial charge < -0.3 is 10.5 Å². The van der Waals surface area contributed by atoms with Gasteiger partial charge in [0.15, 0.2) is 0 Å². The number of benzene rings is 1. The van der Waals surface area contributed by atoms with Gasteiger partial charge in [-0.1, -0.05) is 6.07 Å². The summed E-state index contributed by atoms with van der Waals surface area (Å²) in [6.45, 7) is -0.491. The Morgan fingerprint density at radius 3 is 2.73 bits per heavy atom. The van der Waals surface area contributed by atoms with Crippen LogP contribution in [-0.2, 0) is 13.1 Å². The van der Waals surface area contributed by atoms with Gasteiger partial charge in [0.25, 0.3) is 0 Å². The number of rotatable bonds is 4. The lowest BCUT2D eigenvalue weighted by Gasteiger charge is -2.11. The molecule has 0 unspecified atom stereocenters. The largest absolute Gasteiger partial charge is 0.496 e. The van der Waals surface area contributed by atoms with Gasteiger partial charge in [-0.2, -0.15) is 0 Å². The van der Waals surface area contributed by atoms with Crippen molar-refractivity contribution in [3.8, 4) is 5.75 Å². The molecule has 82 valence electrons. The van der Waals surface area contributed by atoms with Crippen LogP contribution in [0.25, 0.3) is 0 Å². The van der Waals surface area contributed by atoms with Crippen LogP contribution in [0.3, 0.4) is 0 Å². The minimum atomic E-state index is -0.491. The van der Waals surface area contributed by atoms with E-state index in [4.69, 9.17) is 10.5 Å². The molecule has 0 spiro atoms. The molecule has 1 saturated carbocycles. The average molecular weight is 209 g/mol. The molecule has 0 aromatic heterocycles. The molecular formula is C12H16FNO. The molecule has 15 heavy (non-hydrogen) atoms. The zero-order chi connectivity index (χ0) is 10.9. The summed E-state index contributed by atoms with van der Waals surface area (Å²) in [5.41, 5.74) is 7.70. The standard InChI is InChI=1S/C12H16FNO/c1-15-11-3-2-9(6-10(11)8-13)7-12(14)4-5-12/h2-3,6H,4-5,7-8,14H2,1H3. The first-order valence-electron chi connectivity index (χ1n) is 5.17. The van der Waals surface area contributed by atoms with E-state index in [1.54, 1.807) is 7.11 Å². The predicted octanol–water partition coefficient (Wildman–Crippen LogP) is 2.20. The number of hydrogen-bond donors (Lipinski definition) is 1. The highest BCUT2D eigenvalue weighted by molar-refractivity contribution is 5.38. The summed E-state index contributed by atoms with van der Waals surface area (Å²) in [5, 5.41) is 0. The van der Waals surface area contributed by atoms with Crippen molar-refractivity contribution in [1.82, 2.24) is 0 Å². The van der Waals surface area contributed by atoms with E-state index in [9.17, 15) is 4.39 Å². The van der Waals surface area contributed by atoms with E-state index in [1.807, 2.05) is 18.2 Å². The fraction of sp³-hybridized carbons (Fsp3) is 0.500. The van der Waals surface area contributed by atoms with Crippen LogP contribution in [0.5, 0.6) is 5.75 Å². The van der Waals surface area contributed by atoms with Crippen molar-refractivity contribution >= 4 is 0 Å².